The molecular formula is C20H14F4N2O2S. The summed E-state index contributed by atoms with van der Waals surface area (Å²) in [4.78, 5) is 16.1. The molecule has 0 spiro atoms. The van der Waals surface area contributed by atoms with Crippen LogP contribution in [0.15, 0.2) is 24.3 Å². The van der Waals surface area contributed by atoms with Crippen LogP contribution in [0.25, 0.3) is 31.7 Å². The van der Waals surface area contributed by atoms with Gasteiger partial charge in [0, 0.05) is 28.2 Å². The predicted molar refractivity (Wildman–Crippen MR) is 102 cm³/mol. The summed E-state index contributed by atoms with van der Waals surface area (Å²) in [5.74, 6) is -4.51. The van der Waals surface area contributed by atoms with Crippen LogP contribution >= 0.6 is 11.3 Å². The van der Waals surface area contributed by atoms with E-state index in [1.807, 2.05) is 0 Å². The molecule has 4 nitrogen and oxygen atoms in total. The van der Waals surface area contributed by atoms with Crippen molar-refractivity contribution in [3.05, 3.63) is 53.2 Å². The second-order valence-corrected chi connectivity index (χ2v) is 7.36. The number of hydrogen-bond donors (Lipinski definition) is 0. The maximum absolute atomic E-state index is 14.1. The van der Waals surface area contributed by atoms with Crippen molar-refractivity contribution in [1.82, 2.24) is 9.55 Å². The van der Waals surface area contributed by atoms with Gasteiger partial charge in [-0.15, -0.1) is 11.3 Å². The quantitative estimate of drug-likeness (QED) is 0.253. The lowest BCUT2D eigenvalue weighted by molar-refractivity contribution is -0.143. The highest BCUT2D eigenvalue weighted by molar-refractivity contribution is 7.21. The van der Waals surface area contributed by atoms with Crippen LogP contribution in [-0.2, 0) is 16.1 Å². The van der Waals surface area contributed by atoms with Gasteiger partial charge in [-0.1, -0.05) is 0 Å². The SMILES string of the molecule is CCOC(=O)Cn1c(C)c(-c2nc3c(F)c(F)cc(F)c3s2)c2cc(F)ccc21. The molecule has 0 aliphatic carbocycles. The molecule has 0 N–H and O–H groups in total. The fourth-order valence-electron chi connectivity index (χ4n) is 3.35. The van der Waals surface area contributed by atoms with Crippen molar-refractivity contribution in [2.24, 2.45) is 0 Å². The van der Waals surface area contributed by atoms with E-state index in [2.05, 4.69) is 4.98 Å². The topological polar surface area (TPSA) is 44.1 Å². The summed E-state index contributed by atoms with van der Waals surface area (Å²) in [6.07, 6.45) is 0. The number of nitrogens with zero attached hydrogens (tertiary/aromatic N) is 2. The lowest BCUT2D eigenvalue weighted by Gasteiger charge is -2.07. The van der Waals surface area contributed by atoms with E-state index in [4.69, 9.17) is 4.74 Å². The maximum Gasteiger partial charge on any atom is 0.325 e. The van der Waals surface area contributed by atoms with E-state index < -0.39 is 34.8 Å². The van der Waals surface area contributed by atoms with Gasteiger partial charge in [-0.25, -0.2) is 22.5 Å². The fraction of sp³-hybridized carbons (Fsp3) is 0.200. The van der Waals surface area contributed by atoms with E-state index in [0.29, 0.717) is 28.2 Å². The third-order valence-electron chi connectivity index (χ3n) is 4.61. The summed E-state index contributed by atoms with van der Waals surface area (Å²) in [5.41, 5.74) is 1.08. The standard InChI is InChI=1S/C20H14F4N2O2S/c1-3-28-15(27)8-26-9(2)16(11-6-10(21)4-5-14(11)26)20-25-18-17(24)12(22)7-13(23)19(18)29-20/h4-7H,3,8H2,1-2H3. The Kier molecular flexibility index (Phi) is 4.77. The van der Waals surface area contributed by atoms with Crippen LogP contribution in [0, 0.1) is 30.2 Å². The molecule has 150 valence electrons. The maximum atomic E-state index is 14.1. The predicted octanol–water partition coefficient (Wildman–Crippen LogP) is 5.35. The third-order valence-corrected chi connectivity index (χ3v) is 5.69. The van der Waals surface area contributed by atoms with Gasteiger partial charge >= 0.3 is 5.97 Å². The second-order valence-electron chi connectivity index (χ2n) is 6.36. The van der Waals surface area contributed by atoms with Crippen molar-refractivity contribution >= 4 is 38.4 Å². The number of rotatable bonds is 4. The monoisotopic (exact) mass is 422 g/mol. The van der Waals surface area contributed by atoms with Crippen molar-refractivity contribution < 1.29 is 27.1 Å². The zero-order chi connectivity index (χ0) is 20.9. The van der Waals surface area contributed by atoms with Crippen LogP contribution in [0.2, 0.25) is 0 Å². The molecule has 2 aromatic heterocycles. The Morgan fingerprint density at radius 1 is 1.17 bits per heavy atom. The smallest absolute Gasteiger partial charge is 0.325 e. The summed E-state index contributed by atoms with van der Waals surface area (Å²) in [7, 11) is 0. The van der Waals surface area contributed by atoms with Crippen molar-refractivity contribution in [3.63, 3.8) is 0 Å². The first-order chi connectivity index (χ1) is 13.8. The molecule has 4 rings (SSSR count). The van der Waals surface area contributed by atoms with Crippen molar-refractivity contribution in [2.75, 3.05) is 6.61 Å². The first-order valence-corrected chi connectivity index (χ1v) is 9.51. The summed E-state index contributed by atoms with van der Waals surface area (Å²) in [6.45, 7) is 3.46. The fourth-order valence-corrected chi connectivity index (χ4v) is 4.43. The second kappa shape index (κ2) is 7.14. The largest absolute Gasteiger partial charge is 0.465 e. The number of hydrogen-bond acceptors (Lipinski definition) is 4. The molecule has 4 aromatic rings. The third kappa shape index (κ3) is 3.15. The minimum Gasteiger partial charge on any atom is -0.465 e. The Labute approximate surface area is 166 Å². The van der Waals surface area contributed by atoms with E-state index in [9.17, 15) is 22.4 Å². The zero-order valence-electron chi connectivity index (χ0n) is 15.4. The van der Waals surface area contributed by atoms with Gasteiger partial charge in [-0.05, 0) is 32.0 Å². The first-order valence-electron chi connectivity index (χ1n) is 8.70. The van der Waals surface area contributed by atoms with Crippen LogP contribution < -0.4 is 0 Å². The summed E-state index contributed by atoms with van der Waals surface area (Å²) < 4.78 is 62.3. The summed E-state index contributed by atoms with van der Waals surface area (Å²) in [5, 5.41) is 0.617. The van der Waals surface area contributed by atoms with E-state index in [1.165, 1.54) is 18.2 Å². The van der Waals surface area contributed by atoms with E-state index >= 15 is 0 Å². The van der Waals surface area contributed by atoms with Gasteiger partial charge in [0.1, 0.15) is 28.7 Å². The zero-order valence-corrected chi connectivity index (χ0v) is 16.2. The molecule has 0 amide bonds. The number of ether oxygens (including phenoxy) is 1. The number of thiazole rings is 1. The lowest BCUT2D eigenvalue weighted by atomic mass is 10.1. The molecule has 0 bridgehead atoms. The lowest BCUT2D eigenvalue weighted by Crippen LogP contribution is -2.14. The average molecular weight is 422 g/mol. The Balaban J connectivity index is 1.99. The minimum absolute atomic E-state index is 0.121. The Morgan fingerprint density at radius 3 is 2.66 bits per heavy atom. The van der Waals surface area contributed by atoms with Crippen molar-refractivity contribution in [2.45, 2.75) is 20.4 Å². The highest BCUT2D eigenvalue weighted by Crippen LogP contribution is 2.40. The number of aromatic nitrogens is 2. The number of halogens is 4. The van der Waals surface area contributed by atoms with Gasteiger partial charge in [-0.2, -0.15) is 0 Å². The van der Waals surface area contributed by atoms with Crippen LogP contribution in [0.4, 0.5) is 17.6 Å². The van der Waals surface area contributed by atoms with Crippen molar-refractivity contribution in [1.29, 1.82) is 0 Å². The van der Waals surface area contributed by atoms with Crippen LogP contribution in [0.3, 0.4) is 0 Å². The molecule has 9 heteroatoms. The van der Waals surface area contributed by atoms with Gasteiger partial charge < -0.3 is 9.30 Å². The number of benzene rings is 2. The van der Waals surface area contributed by atoms with Crippen LogP contribution in [0.1, 0.15) is 12.6 Å². The van der Waals surface area contributed by atoms with Gasteiger partial charge in [0.05, 0.1) is 11.3 Å². The number of carbonyl (C=O) groups excluding carboxylic acids is 1. The highest BCUT2D eigenvalue weighted by Gasteiger charge is 2.23. The molecule has 0 fully saturated rings. The number of carbonyl (C=O) groups is 1. The number of fused-ring (bicyclic) bond motifs is 2. The molecule has 2 heterocycles. The molecule has 0 radical (unpaired) electrons. The van der Waals surface area contributed by atoms with E-state index in [-0.39, 0.29) is 22.9 Å². The minimum atomic E-state index is -1.33. The Bertz CT molecular complexity index is 1280. The molecular weight excluding hydrogens is 408 g/mol. The van der Waals surface area contributed by atoms with Crippen molar-refractivity contribution in [3.8, 4) is 10.6 Å². The molecule has 0 atom stereocenters. The normalized spacial score (nSPS) is 11.5. The van der Waals surface area contributed by atoms with Gasteiger partial charge in [-0.3, -0.25) is 4.79 Å². The summed E-state index contributed by atoms with van der Waals surface area (Å²) >= 11 is 0.832. The van der Waals surface area contributed by atoms with Crippen LogP contribution in [-0.4, -0.2) is 22.1 Å². The Hall–Kier alpha value is -2.94. The van der Waals surface area contributed by atoms with Gasteiger partial charge in [0.15, 0.2) is 11.6 Å². The average Bonchev–Trinajstić information content (AvgIpc) is 3.20. The molecule has 0 saturated carbocycles. The highest BCUT2D eigenvalue weighted by atomic mass is 32.1. The molecule has 0 aliphatic heterocycles. The molecule has 0 saturated heterocycles. The number of esters is 1. The Morgan fingerprint density at radius 2 is 1.93 bits per heavy atom. The van der Waals surface area contributed by atoms with Crippen LogP contribution in [0.5, 0.6) is 0 Å². The van der Waals surface area contributed by atoms with Gasteiger partial charge in [0.25, 0.3) is 0 Å². The molecule has 29 heavy (non-hydrogen) atoms. The van der Waals surface area contributed by atoms with E-state index in [1.54, 1.807) is 18.4 Å². The van der Waals surface area contributed by atoms with Gasteiger partial charge in [0.2, 0.25) is 0 Å². The molecule has 0 aliphatic rings. The molecule has 2 aromatic carbocycles. The first kappa shape index (κ1) is 19.4. The van der Waals surface area contributed by atoms with E-state index in [0.717, 1.165) is 11.3 Å². The summed E-state index contributed by atoms with van der Waals surface area (Å²) in [6, 6.07) is 4.49. The molecule has 0 unspecified atom stereocenters.